The summed E-state index contributed by atoms with van der Waals surface area (Å²) in [5, 5.41) is 14.0. The fourth-order valence-electron chi connectivity index (χ4n) is 1.69. The van der Waals surface area contributed by atoms with E-state index in [4.69, 9.17) is 9.47 Å². The van der Waals surface area contributed by atoms with Crippen molar-refractivity contribution in [3.8, 4) is 15.8 Å². The second-order valence-electron chi connectivity index (χ2n) is 4.36. The molecule has 0 atom stereocenters. The minimum atomic E-state index is -0.895. The molecule has 0 aliphatic rings. The van der Waals surface area contributed by atoms with E-state index < -0.39 is 11.1 Å². The average Bonchev–Trinajstić information content (AvgIpc) is 3.25. The first-order valence-electron chi connectivity index (χ1n) is 6.55. The van der Waals surface area contributed by atoms with Gasteiger partial charge in [0.25, 0.3) is 5.69 Å². The Morgan fingerprint density at radius 1 is 1.21 bits per heavy atom. The number of nitro benzene ring substituents is 1. The molecule has 0 unspecified atom stereocenters. The fourth-order valence-corrected chi connectivity index (χ4v) is 3.21. The summed E-state index contributed by atoms with van der Waals surface area (Å²) in [5.41, 5.74) is -0.0879. The van der Waals surface area contributed by atoms with Gasteiger partial charge in [-0.25, -0.2) is 14.8 Å². The van der Waals surface area contributed by atoms with Gasteiger partial charge in [0.05, 0.1) is 9.80 Å². The van der Waals surface area contributed by atoms with Crippen molar-refractivity contribution in [3.63, 3.8) is 0 Å². The SMILES string of the molecule is O=C(OCc1cnc(-c2nccs2)s1)Oc1ccc([N+](=O)[O-])cc1. The van der Waals surface area contributed by atoms with E-state index in [9.17, 15) is 14.9 Å². The number of hydrogen-bond acceptors (Lipinski definition) is 9. The highest BCUT2D eigenvalue weighted by Crippen LogP contribution is 2.27. The molecule has 10 heteroatoms. The van der Waals surface area contributed by atoms with Gasteiger partial charge in [0.1, 0.15) is 12.4 Å². The number of aromatic nitrogens is 2. The molecule has 0 saturated carbocycles. The minimum absolute atomic E-state index is 0.0227. The van der Waals surface area contributed by atoms with Gasteiger partial charge in [-0.2, -0.15) is 0 Å². The highest BCUT2D eigenvalue weighted by atomic mass is 32.1. The number of carbonyl (C=O) groups excluding carboxylic acids is 1. The molecule has 0 radical (unpaired) electrons. The summed E-state index contributed by atoms with van der Waals surface area (Å²) >= 11 is 2.85. The average molecular weight is 363 g/mol. The van der Waals surface area contributed by atoms with Gasteiger partial charge in [0.15, 0.2) is 10.0 Å². The van der Waals surface area contributed by atoms with Crippen LogP contribution in [0.15, 0.2) is 42.0 Å². The summed E-state index contributed by atoms with van der Waals surface area (Å²) in [5.74, 6) is 0.165. The van der Waals surface area contributed by atoms with E-state index in [0.717, 1.165) is 14.9 Å². The molecule has 8 nitrogen and oxygen atoms in total. The van der Waals surface area contributed by atoms with Gasteiger partial charge in [0, 0.05) is 29.9 Å². The Bertz CT molecular complexity index is 846. The van der Waals surface area contributed by atoms with Gasteiger partial charge in [0.2, 0.25) is 0 Å². The van der Waals surface area contributed by atoms with E-state index in [1.165, 1.54) is 46.9 Å². The molecule has 0 fully saturated rings. The summed E-state index contributed by atoms with van der Waals surface area (Å²) in [6.07, 6.45) is 2.41. The van der Waals surface area contributed by atoms with E-state index in [1.807, 2.05) is 5.38 Å². The quantitative estimate of drug-likeness (QED) is 0.293. The summed E-state index contributed by atoms with van der Waals surface area (Å²) in [6.45, 7) is 0.0227. The highest BCUT2D eigenvalue weighted by Gasteiger charge is 2.12. The van der Waals surface area contributed by atoms with Gasteiger partial charge < -0.3 is 9.47 Å². The van der Waals surface area contributed by atoms with Crippen molar-refractivity contribution in [2.45, 2.75) is 6.61 Å². The molecule has 0 aliphatic heterocycles. The zero-order valence-electron chi connectivity index (χ0n) is 11.9. The second-order valence-corrected chi connectivity index (χ2v) is 6.37. The predicted octanol–water partition coefficient (Wildman–Crippen LogP) is 3.89. The molecular weight excluding hydrogens is 354 g/mol. The number of nitro groups is 1. The van der Waals surface area contributed by atoms with Crippen LogP contribution in [0.3, 0.4) is 0 Å². The topological polar surface area (TPSA) is 104 Å². The van der Waals surface area contributed by atoms with Crippen LogP contribution in [0.5, 0.6) is 5.75 Å². The van der Waals surface area contributed by atoms with Crippen molar-refractivity contribution in [3.05, 3.63) is 57.0 Å². The first-order valence-corrected chi connectivity index (χ1v) is 8.25. The molecule has 0 saturated heterocycles. The Kier molecular flexibility index (Phi) is 4.77. The number of hydrogen-bond donors (Lipinski definition) is 0. The Labute approximate surface area is 143 Å². The smallest absolute Gasteiger partial charge is 0.428 e. The number of non-ortho nitro benzene ring substituents is 1. The first kappa shape index (κ1) is 16.0. The molecule has 3 aromatic rings. The third kappa shape index (κ3) is 3.91. The molecular formula is C14H9N3O5S2. The number of carbonyl (C=O) groups is 1. The van der Waals surface area contributed by atoms with E-state index in [-0.39, 0.29) is 18.0 Å². The highest BCUT2D eigenvalue weighted by molar-refractivity contribution is 7.20. The van der Waals surface area contributed by atoms with Crippen molar-refractivity contribution >= 4 is 34.5 Å². The molecule has 0 N–H and O–H groups in total. The minimum Gasteiger partial charge on any atom is -0.428 e. The summed E-state index contributed by atoms with van der Waals surface area (Å²) < 4.78 is 9.94. The molecule has 2 aromatic heterocycles. The van der Waals surface area contributed by atoms with Crippen molar-refractivity contribution in [2.75, 3.05) is 0 Å². The maximum atomic E-state index is 11.6. The number of rotatable bonds is 5. The lowest BCUT2D eigenvalue weighted by Gasteiger charge is -2.04. The van der Waals surface area contributed by atoms with Crippen molar-refractivity contribution in [1.82, 2.24) is 9.97 Å². The van der Waals surface area contributed by atoms with Gasteiger partial charge in [-0.15, -0.1) is 22.7 Å². The Balaban J connectivity index is 1.53. The van der Waals surface area contributed by atoms with Crippen molar-refractivity contribution < 1.29 is 19.2 Å². The lowest BCUT2D eigenvalue weighted by Crippen LogP contribution is -2.09. The third-order valence-corrected chi connectivity index (χ3v) is 4.64. The summed E-state index contributed by atoms with van der Waals surface area (Å²) in [4.78, 5) is 30.8. The maximum absolute atomic E-state index is 11.6. The molecule has 0 aliphatic carbocycles. The molecule has 0 spiro atoms. The van der Waals surface area contributed by atoms with Crippen LogP contribution >= 0.6 is 22.7 Å². The van der Waals surface area contributed by atoms with Crippen molar-refractivity contribution in [2.24, 2.45) is 0 Å². The van der Waals surface area contributed by atoms with Gasteiger partial charge in [-0.3, -0.25) is 10.1 Å². The number of ether oxygens (including phenoxy) is 2. The zero-order chi connectivity index (χ0) is 16.9. The normalized spacial score (nSPS) is 10.3. The molecule has 2 heterocycles. The van der Waals surface area contributed by atoms with E-state index in [1.54, 1.807) is 12.4 Å². The van der Waals surface area contributed by atoms with E-state index >= 15 is 0 Å². The first-order chi connectivity index (χ1) is 11.6. The Hall–Kier alpha value is -2.85. The Morgan fingerprint density at radius 2 is 2.00 bits per heavy atom. The molecule has 3 rings (SSSR count). The van der Waals surface area contributed by atoms with Crippen LogP contribution in [0.25, 0.3) is 10.0 Å². The lowest BCUT2D eigenvalue weighted by molar-refractivity contribution is -0.384. The van der Waals surface area contributed by atoms with Crippen LogP contribution in [-0.2, 0) is 11.3 Å². The number of nitrogens with zero attached hydrogens (tertiary/aromatic N) is 3. The van der Waals surface area contributed by atoms with E-state index in [0.29, 0.717) is 0 Å². The third-order valence-electron chi connectivity index (χ3n) is 2.75. The maximum Gasteiger partial charge on any atom is 0.514 e. The van der Waals surface area contributed by atoms with Crippen LogP contribution in [0, 0.1) is 10.1 Å². The molecule has 1 aromatic carbocycles. The van der Waals surface area contributed by atoms with Crippen LogP contribution in [-0.4, -0.2) is 21.0 Å². The Morgan fingerprint density at radius 3 is 2.67 bits per heavy atom. The van der Waals surface area contributed by atoms with Crippen LogP contribution in [0.4, 0.5) is 10.5 Å². The van der Waals surface area contributed by atoms with Crippen LogP contribution < -0.4 is 4.74 Å². The largest absolute Gasteiger partial charge is 0.514 e. The molecule has 24 heavy (non-hydrogen) atoms. The monoisotopic (exact) mass is 363 g/mol. The van der Waals surface area contributed by atoms with E-state index in [2.05, 4.69) is 9.97 Å². The van der Waals surface area contributed by atoms with Gasteiger partial charge in [-0.1, -0.05) is 0 Å². The number of benzene rings is 1. The van der Waals surface area contributed by atoms with Gasteiger partial charge in [-0.05, 0) is 12.1 Å². The van der Waals surface area contributed by atoms with Gasteiger partial charge >= 0.3 is 6.16 Å². The second kappa shape index (κ2) is 7.15. The number of thiazole rings is 2. The zero-order valence-corrected chi connectivity index (χ0v) is 13.6. The molecule has 0 amide bonds. The van der Waals surface area contributed by atoms with Crippen LogP contribution in [0.2, 0.25) is 0 Å². The summed E-state index contributed by atoms with van der Waals surface area (Å²) in [7, 11) is 0. The standard InChI is InChI=1S/C14H9N3O5S2/c18-14(22-10-3-1-9(2-4-10)17(19)20)21-8-11-7-16-13(24-11)12-15-5-6-23-12/h1-7H,8H2. The lowest BCUT2D eigenvalue weighted by atomic mass is 10.3. The molecule has 122 valence electrons. The fraction of sp³-hybridized carbons (Fsp3) is 0.0714. The summed E-state index contributed by atoms with van der Waals surface area (Å²) in [6, 6.07) is 5.14. The molecule has 0 bridgehead atoms. The predicted molar refractivity (Wildman–Crippen MR) is 87.1 cm³/mol. The van der Waals surface area contributed by atoms with Crippen LogP contribution in [0.1, 0.15) is 4.88 Å². The van der Waals surface area contributed by atoms with Crippen molar-refractivity contribution in [1.29, 1.82) is 0 Å².